The van der Waals surface area contributed by atoms with Crippen LogP contribution < -0.4 is 9.64 Å². The largest absolute Gasteiger partial charge is 0.507 e. The van der Waals surface area contributed by atoms with Gasteiger partial charge in [-0.15, -0.1) is 0 Å². The Kier molecular flexibility index (Phi) is 8.52. The van der Waals surface area contributed by atoms with Gasteiger partial charge in [-0.25, -0.2) is 9.78 Å². The summed E-state index contributed by atoms with van der Waals surface area (Å²) in [6.45, 7) is 9.48. The number of carbonyl (C=O) groups is 3. The van der Waals surface area contributed by atoms with Crippen molar-refractivity contribution < 1.29 is 29.0 Å². The van der Waals surface area contributed by atoms with E-state index in [1.165, 1.54) is 11.0 Å². The number of anilines is 1. The SMILES string of the molecule is C=CCOC(=O)c1sc(N2C(=O)C(=O)/C(=C(/O)c3ccc(OCCC)cc3C)C2c2cccc(Cl)c2)nc1C. The van der Waals surface area contributed by atoms with E-state index >= 15 is 0 Å². The molecule has 1 amide bonds. The molecule has 8 nitrogen and oxygen atoms in total. The van der Waals surface area contributed by atoms with Crippen LogP contribution in [0.3, 0.4) is 0 Å². The minimum Gasteiger partial charge on any atom is -0.507 e. The molecule has 0 radical (unpaired) electrons. The second-order valence-corrected chi connectivity index (χ2v) is 10.3. The molecule has 4 rings (SSSR count). The first kappa shape index (κ1) is 28.1. The minimum atomic E-state index is -1.04. The summed E-state index contributed by atoms with van der Waals surface area (Å²) in [5.41, 5.74) is 1.76. The number of aryl methyl sites for hydroxylation is 2. The number of thiazole rings is 1. The molecule has 0 saturated carbocycles. The number of hydrogen-bond donors (Lipinski definition) is 1. The van der Waals surface area contributed by atoms with Gasteiger partial charge in [-0.05, 0) is 61.7 Å². The van der Waals surface area contributed by atoms with E-state index in [9.17, 15) is 19.5 Å². The molecule has 10 heteroatoms. The number of hydrogen-bond acceptors (Lipinski definition) is 8. The Morgan fingerprint density at radius 1 is 1.23 bits per heavy atom. The fourth-order valence-electron chi connectivity index (χ4n) is 4.25. The van der Waals surface area contributed by atoms with Crippen LogP contribution in [0, 0.1) is 13.8 Å². The molecule has 2 aromatic carbocycles. The van der Waals surface area contributed by atoms with Crippen molar-refractivity contribution in [3.05, 3.63) is 93.0 Å². The predicted molar refractivity (Wildman–Crippen MR) is 151 cm³/mol. The second kappa shape index (κ2) is 11.8. The lowest BCUT2D eigenvalue weighted by atomic mass is 9.94. The van der Waals surface area contributed by atoms with Gasteiger partial charge >= 0.3 is 11.9 Å². The molecule has 39 heavy (non-hydrogen) atoms. The summed E-state index contributed by atoms with van der Waals surface area (Å²) in [7, 11) is 0. The fraction of sp³-hybridized carbons (Fsp3) is 0.241. The number of aliphatic hydroxyl groups excluding tert-OH is 1. The van der Waals surface area contributed by atoms with Crippen LogP contribution in [-0.2, 0) is 14.3 Å². The number of aromatic nitrogens is 1. The van der Waals surface area contributed by atoms with E-state index in [0.717, 1.165) is 17.8 Å². The molecule has 1 aliphatic rings. The molecule has 1 aromatic heterocycles. The molecule has 202 valence electrons. The van der Waals surface area contributed by atoms with Crippen LogP contribution in [0.4, 0.5) is 5.13 Å². The summed E-state index contributed by atoms with van der Waals surface area (Å²) in [6.07, 6.45) is 2.28. The highest BCUT2D eigenvalue weighted by Gasteiger charge is 2.48. The van der Waals surface area contributed by atoms with Crippen LogP contribution in [0.1, 0.15) is 51.4 Å². The molecule has 2 heterocycles. The molecule has 0 aliphatic carbocycles. The van der Waals surface area contributed by atoms with Gasteiger partial charge < -0.3 is 14.6 Å². The van der Waals surface area contributed by atoms with Crippen molar-refractivity contribution in [2.45, 2.75) is 33.2 Å². The van der Waals surface area contributed by atoms with E-state index < -0.39 is 23.7 Å². The standard InChI is InChI=1S/C29H27ClN2O6S/c1-5-12-37-20-10-11-21(16(3)14-20)24(33)22-23(18-8-7-9-19(30)15-18)32(27(35)25(22)34)29-31-17(4)26(39-29)28(36)38-13-6-2/h6-11,14-15,23,33H,2,5,12-13H2,1,3-4H3/b24-22+. The van der Waals surface area contributed by atoms with Gasteiger partial charge in [-0.3, -0.25) is 14.5 Å². The Hall–Kier alpha value is -3.95. The molecular weight excluding hydrogens is 540 g/mol. The summed E-state index contributed by atoms with van der Waals surface area (Å²) in [5.74, 6) is -2.09. The van der Waals surface area contributed by atoms with Crippen molar-refractivity contribution in [3.63, 3.8) is 0 Å². The summed E-state index contributed by atoms with van der Waals surface area (Å²) in [4.78, 5) is 45.3. The molecule has 0 bridgehead atoms. The maximum absolute atomic E-state index is 13.5. The van der Waals surface area contributed by atoms with E-state index in [4.69, 9.17) is 21.1 Å². The summed E-state index contributed by atoms with van der Waals surface area (Å²) in [6, 6.07) is 10.8. The number of rotatable bonds is 9. The molecule has 1 N–H and O–H groups in total. The number of Topliss-reactive ketones (excluding diaryl/α,β-unsaturated/α-hetero) is 1. The number of ketones is 1. The molecule has 1 atom stereocenters. The molecule has 0 spiro atoms. The number of benzene rings is 2. The summed E-state index contributed by atoms with van der Waals surface area (Å²) >= 11 is 7.20. The molecule has 1 unspecified atom stereocenters. The highest BCUT2D eigenvalue weighted by Crippen LogP contribution is 2.44. The van der Waals surface area contributed by atoms with Gasteiger partial charge in [0.2, 0.25) is 0 Å². The Labute approximate surface area is 235 Å². The van der Waals surface area contributed by atoms with Crippen molar-refractivity contribution in [1.29, 1.82) is 0 Å². The zero-order valence-electron chi connectivity index (χ0n) is 21.7. The third kappa shape index (κ3) is 5.60. The quantitative estimate of drug-likeness (QED) is 0.108. The first-order valence-electron chi connectivity index (χ1n) is 12.2. The first-order valence-corrected chi connectivity index (χ1v) is 13.4. The Balaban J connectivity index is 1.86. The average molecular weight is 567 g/mol. The lowest BCUT2D eigenvalue weighted by Gasteiger charge is -2.23. The molecule has 1 fully saturated rings. The number of halogens is 1. The van der Waals surface area contributed by atoms with Gasteiger partial charge in [0.25, 0.3) is 5.78 Å². The number of amides is 1. The first-order chi connectivity index (χ1) is 18.7. The van der Waals surface area contributed by atoms with E-state index in [1.54, 1.807) is 56.3 Å². The van der Waals surface area contributed by atoms with Crippen LogP contribution in [0.5, 0.6) is 5.75 Å². The van der Waals surface area contributed by atoms with Gasteiger partial charge in [0.15, 0.2) is 5.13 Å². The average Bonchev–Trinajstić information content (AvgIpc) is 3.42. The normalized spacial score (nSPS) is 16.4. The highest BCUT2D eigenvalue weighted by atomic mass is 35.5. The van der Waals surface area contributed by atoms with Crippen molar-refractivity contribution >= 4 is 51.5 Å². The van der Waals surface area contributed by atoms with Gasteiger partial charge in [0.05, 0.1) is 23.9 Å². The van der Waals surface area contributed by atoms with E-state index in [-0.39, 0.29) is 27.9 Å². The highest BCUT2D eigenvalue weighted by molar-refractivity contribution is 7.17. The third-order valence-electron chi connectivity index (χ3n) is 6.04. The number of nitrogens with zero attached hydrogens (tertiary/aromatic N) is 2. The fourth-order valence-corrected chi connectivity index (χ4v) is 5.44. The van der Waals surface area contributed by atoms with Crippen molar-refractivity contribution in [2.75, 3.05) is 18.1 Å². The number of carbonyl (C=O) groups excluding carboxylic acids is 3. The Morgan fingerprint density at radius 2 is 2.00 bits per heavy atom. The molecule has 1 aliphatic heterocycles. The van der Waals surface area contributed by atoms with Gasteiger partial charge in [-0.1, -0.05) is 54.6 Å². The van der Waals surface area contributed by atoms with Crippen molar-refractivity contribution in [2.24, 2.45) is 0 Å². The van der Waals surface area contributed by atoms with Crippen LogP contribution in [-0.4, -0.2) is 41.0 Å². The van der Waals surface area contributed by atoms with E-state index in [2.05, 4.69) is 11.6 Å². The lowest BCUT2D eigenvalue weighted by molar-refractivity contribution is -0.132. The summed E-state index contributed by atoms with van der Waals surface area (Å²) < 4.78 is 10.8. The Bertz CT molecular complexity index is 1490. The van der Waals surface area contributed by atoms with Crippen LogP contribution in [0.2, 0.25) is 5.02 Å². The maximum atomic E-state index is 13.5. The Morgan fingerprint density at radius 3 is 2.67 bits per heavy atom. The maximum Gasteiger partial charge on any atom is 0.350 e. The van der Waals surface area contributed by atoms with Crippen molar-refractivity contribution in [1.82, 2.24) is 4.98 Å². The van der Waals surface area contributed by atoms with Crippen molar-refractivity contribution in [3.8, 4) is 5.75 Å². The number of esters is 1. The topological polar surface area (TPSA) is 106 Å². The monoisotopic (exact) mass is 566 g/mol. The van der Waals surface area contributed by atoms with Gasteiger partial charge in [-0.2, -0.15) is 0 Å². The minimum absolute atomic E-state index is 0.0140. The molecule has 3 aromatic rings. The molecular formula is C29H27ClN2O6S. The van der Waals surface area contributed by atoms with Crippen LogP contribution in [0.15, 0.2) is 60.7 Å². The zero-order chi connectivity index (χ0) is 28.3. The van der Waals surface area contributed by atoms with Gasteiger partial charge in [0, 0.05) is 10.6 Å². The summed E-state index contributed by atoms with van der Waals surface area (Å²) in [5, 5.41) is 12.0. The van der Waals surface area contributed by atoms with Crippen LogP contribution >= 0.6 is 22.9 Å². The van der Waals surface area contributed by atoms with Crippen LogP contribution in [0.25, 0.3) is 5.76 Å². The predicted octanol–water partition coefficient (Wildman–Crippen LogP) is 6.17. The van der Waals surface area contributed by atoms with E-state index in [1.807, 2.05) is 6.92 Å². The molecule has 1 saturated heterocycles. The van der Waals surface area contributed by atoms with Gasteiger partial charge in [0.1, 0.15) is 23.0 Å². The zero-order valence-corrected chi connectivity index (χ0v) is 23.3. The smallest absolute Gasteiger partial charge is 0.350 e. The number of aliphatic hydroxyl groups is 1. The third-order valence-corrected chi connectivity index (χ3v) is 7.42. The van der Waals surface area contributed by atoms with E-state index in [0.29, 0.717) is 39.8 Å². The lowest BCUT2D eigenvalue weighted by Crippen LogP contribution is -2.29. The number of ether oxygens (including phenoxy) is 2. The second-order valence-electron chi connectivity index (χ2n) is 8.85.